The van der Waals surface area contributed by atoms with Crippen LogP contribution in [0.5, 0.6) is 0 Å². The van der Waals surface area contributed by atoms with E-state index in [4.69, 9.17) is 0 Å². The predicted molar refractivity (Wildman–Crippen MR) is 105 cm³/mol. The fraction of sp³-hybridized carbons (Fsp3) is 0.286. The van der Waals surface area contributed by atoms with E-state index in [9.17, 15) is 4.79 Å². The number of anilines is 1. The molecule has 0 unspecified atom stereocenters. The van der Waals surface area contributed by atoms with Gasteiger partial charge in [-0.3, -0.25) is 9.69 Å². The van der Waals surface area contributed by atoms with Crippen molar-refractivity contribution in [2.24, 2.45) is 0 Å². The first-order valence-electron chi connectivity index (χ1n) is 9.16. The number of piperazine rings is 1. The van der Waals surface area contributed by atoms with Crippen molar-refractivity contribution in [3.8, 4) is 5.69 Å². The third-order valence-electron chi connectivity index (χ3n) is 4.77. The van der Waals surface area contributed by atoms with Gasteiger partial charge in [-0.25, -0.2) is 4.68 Å². The molecular weight excluding hydrogens is 338 g/mol. The number of para-hydroxylation sites is 1. The first-order valence-corrected chi connectivity index (χ1v) is 9.16. The van der Waals surface area contributed by atoms with Gasteiger partial charge in [0.15, 0.2) is 0 Å². The molecule has 0 saturated carbocycles. The van der Waals surface area contributed by atoms with E-state index >= 15 is 0 Å². The van der Waals surface area contributed by atoms with Crippen molar-refractivity contribution in [2.45, 2.75) is 20.4 Å². The second kappa shape index (κ2) is 7.32. The van der Waals surface area contributed by atoms with E-state index in [0.29, 0.717) is 19.6 Å². The molecule has 6 heteroatoms. The van der Waals surface area contributed by atoms with Crippen molar-refractivity contribution in [3.63, 3.8) is 0 Å². The third kappa shape index (κ3) is 3.90. The van der Waals surface area contributed by atoms with Gasteiger partial charge in [-0.2, -0.15) is 0 Å². The molecule has 3 aromatic rings. The van der Waals surface area contributed by atoms with Crippen molar-refractivity contribution >= 4 is 11.6 Å². The molecule has 1 fully saturated rings. The fourth-order valence-electron chi connectivity index (χ4n) is 3.54. The summed E-state index contributed by atoms with van der Waals surface area (Å²) in [6.07, 6.45) is 1.93. The van der Waals surface area contributed by atoms with Crippen LogP contribution in [0.2, 0.25) is 0 Å². The average molecular weight is 361 g/mol. The highest BCUT2D eigenvalue weighted by atomic mass is 16.2. The molecule has 0 radical (unpaired) electrons. The van der Waals surface area contributed by atoms with Crippen molar-refractivity contribution in [2.75, 3.05) is 24.5 Å². The molecule has 0 bridgehead atoms. The van der Waals surface area contributed by atoms with Crippen LogP contribution >= 0.6 is 0 Å². The Bertz CT molecular complexity index is 930. The van der Waals surface area contributed by atoms with Crippen LogP contribution in [0.15, 0.2) is 54.7 Å². The van der Waals surface area contributed by atoms with Crippen molar-refractivity contribution in [1.82, 2.24) is 19.9 Å². The minimum Gasteiger partial charge on any atom is -0.310 e. The lowest BCUT2D eigenvalue weighted by molar-refractivity contribution is -0.121. The Hall–Kier alpha value is -2.99. The van der Waals surface area contributed by atoms with E-state index in [2.05, 4.69) is 47.3 Å². The van der Waals surface area contributed by atoms with Gasteiger partial charge in [-0.15, -0.1) is 5.10 Å². The van der Waals surface area contributed by atoms with Crippen molar-refractivity contribution < 1.29 is 4.79 Å². The Morgan fingerprint density at radius 1 is 0.963 bits per heavy atom. The monoisotopic (exact) mass is 361 g/mol. The summed E-state index contributed by atoms with van der Waals surface area (Å²) >= 11 is 0. The molecule has 1 aliphatic rings. The minimum absolute atomic E-state index is 0.127. The number of hydrogen-bond donors (Lipinski definition) is 0. The van der Waals surface area contributed by atoms with Gasteiger partial charge in [-0.05, 0) is 49.2 Å². The zero-order chi connectivity index (χ0) is 18.8. The smallest absolute Gasteiger partial charge is 0.241 e. The summed E-state index contributed by atoms with van der Waals surface area (Å²) < 4.78 is 1.77. The Labute approximate surface area is 159 Å². The van der Waals surface area contributed by atoms with Gasteiger partial charge < -0.3 is 4.90 Å². The topological polar surface area (TPSA) is 54.3 Å². The number of amides is 1. The number of aryl methyl sites for hydroxylation is 2. The van der Waals surface area contributed by atoms with Crippen LogP contribution in [-0.2, 0) is 11.3 Å². The summed E-state index contributed by atoms with van der Waals surface area (Å²) in [6.45, 7) is 6.65. The van der Waals surface area contributed by atoms with Crippen LogP contribution in [0.25, 0.3) is 5.69 Å². The zero-order valence-corrected chi connectivity index (χ0v) is 15.7. The number of benzene rings is 2. The maximum Gasteiger partial charge on any atom is 0.241 e. The van der Waals surface area contributed by atoms with E-state index in [1.165, 1.54) is 11.1 Å². The van der Waals surface area contributed by atoms with Crippen LogP contribution in [0, 0.1) is 13.8 Å². The lowest BCUT2D eigenvalue weighted by Crippen LogP contribution is -2.50. The maximum absolute atomic E-state index is 12.7. The molecule has 4 rings (SSSR count). The number of carbonyl (C=O) groups is 1. The SMILES string of the molecule is Cc1cc(C)cc(N2CCN(Cc3cn(-c4ccccc4)nn3)CC2=O)c1. The molecule has 1 aliphatic heterocycles. The first kappa shape index (κ1) is 17.4. The highest BCUT2D eigenvalue weighted by molar-refractivity contribution is 5.95. The highest BCUT2D eigenvalue weighted by Crippen LogP contribution is 2.21. The summed E-state index contributed by atoms with van der Waals surface area (Å²) in [4.78, 5) is 16.7. The van der Waals surface area contributed by atoms with Gasteiger partial charge in [0, 0.05) is 25.3 Å². The Morgan fingerprint density at radius 2 is 1.70 bits per heavy atom. The second-order valence-corrected chi connectivity index (χ2v) is 7.09. The Morgan fingerprint density at radius 3 is 2.41 bits per heavy atom. The quantitative estimate of drug-likeness (QED) is 0.717. The van der Waals surface area contributed by atoms with Gasteiger partial charge in [0.05, 0.1) is 24.1 Å². The van der Waals surface area contributed by atoms with E-state index in [0.717, 1.165) is 23.6 Å². The molecule has 0 spiro atoms. The molecule has 1 aromatic heterocycles. The second-order valence-electron chi connectivity index (χ2n) is 7.09. The molecule has 2 heterocycles. The van der Waals surface area contributed by atoms with Gasteiger partial charge in [0.2, 0.25) is 5.91 Å². The van der Waals surface area contributed by atoms with Crippen LogP contribution in [0.4, 0.5) is 5.69 Å². The lowest BCUT2D eigenvalue weighted by atomic mass is 10.1. The summed E-state index contributed by atoms with van der Waals surface area (Å²) in [5.74, 6) is 0.127. The van der Waals surface area contributed by atoms with E-state index in [-0.39, 0.29) is 5.91 Å². The van der Waals surface area contributed by atoms with Gasteiger partial charge in [0.1, 0.15) is 0 Å². The van der Waals surface area contributed by atoms with Gasteiger partial charge in [-0.1, -0.05) is 29.5 Å². The first-order chi connectivity index (χ1) is 13.1. The van der Waals surface area contributed by atoms with Crippen molar-refractivity contribution in [3.05, 3.63) is 71.5 Å². The fourth-order valence-corrected chi connectivity index (χ4v) is 3.54. The molecule has 1 saturated heterocycles. The van der Waals surface area contributed by atoms with Crippen LogP contribution in [0.3, 0.4) is 0 Å². The molecule has 1 amide bonds. The number of rotatable bonds is 4. The summed E-state index contributed by atoms with van der Waals surface area (Å²) in [7, 11) is 0. The Balaban J connectivity index is 1.42. The van der Waals surface area contributed by atoms with Gasteiger partial charge in [0.25, 0.3) is 0 Å². The van der Waals surface area contributed by atoms with E-state index < -0.39 is 0 Å². The predicted octanol–water partition coefficient (Wildman–Crippen LogP) is 2.73. The largest absolute Gasteiger partial charge is 0.310 e. The van der Waals surface area contributed by atoms with Gasteiger partial charge >= 0.3 is 0 Å². The number of aromatic nitrogens is 3. The molecule has 0 aliphatic carbocycles. The van der Waals surface area contributed by atoms with Crippen molar-refractivity contribution in [1.29, 1.82) is 0 Å². The summed E-state index contributed by atoms with van der Waals surface area (Å²) in [5.41, 5.74) is 5.20. The van der Waals surface area contributed by atoms with Crippen LogP contribution < -0.4 is 4.90 Å². The summed E-state index contributed by atoms with van der Waals surface area (Å²) in [6, 6.07) is 16.2. The van der Waals surface area contributed by atoms with Crippen LogP contribution in [-0.4, -0.2) is 45.4 Å². The average Bonchev–Trinajstić information content (AvgIpc) is 3.10. The minimum atomic E-state index is 0.127. The standard InChI is InChI=1S/C21H23N5O/c1-16-10-17(2)12-20(11-16)25-9-8-24(15-21(25)27)13-18-14-26(23-22-18)19-6-4-3-5-7-19/h3-7,10-12,14H,8-9,13,15H2,1-2H3. The molecule has 27 heavy (non-hydrogen) atoms. The lowest BCUT2D eigenvalue weighted by Gasteiger charge is -2.34. The normalized spacial score (nSPS) is 15.3. The molecule has 138 valence electrons. The molecular formula is C21H23N5O. The third-order valence-corrected chi connectivity index (χ3v) is 4.77. The maximum atomic E-state index is 12.7. The molecule has 0 N–H and O–H groups in total. The molecule has 2 aromatic carbocycles. The number of carbonyl (C=O) groups excluding carboxylic acids is 1. The number of nitrogens with zero attached hydrogens (tertiary/aromatic N) is 5. The molecule has 6 nitrogen and oxygen atoms in total. The summed E-state index contributed by atoms with van der Waals surface area (Å²) in [5, 5.41) is 8.46. The Kier molecular flexibility index (Phi) is 4.73. The van der Waals surface area contributed by atoms with E-state index in [1.807, 2.05) is 41.4 Å². The molecule has 0 atom stereocenters. The number of hydrogen-bond acceptors (Lipinski definition) is 4. The highest BCUT2D eigenvalue weighted by Gasteiger charge is 2.25. The van der Waals surface area contributed by atoms with Crippen LogP contribution in [0.1, 0.15) is 16.8 Å². The zero-order valence-electron chi connectivity index (χ0n) is 15.7. The van der Waals surface area contributed by atoms with E-state index in [1.54, 1.807) is 4.68 Å².